The molecular weight excluding hydrogens is 528 g/mol. The van der Waals surface area contributed by atoms with E-state index in [0.717, 1.165) is 32.7 Å². The zero-order chi connectivity index (χ0) is 29.1. The molecule has 6 rings (SSSR count). The third-order valence-electron chi connectivity index (χ3n) is 8.37. The van der Waals surface area contributed by atoms with Crippen LogP contribution in [0.5, 0.6) is 0 Å². The van der Waals surface area contributed by atoms with Crippen LogP contribution in [-0.2, 0) is 9.59 Å². The average molecular weight is 565 g/mol. The van der Waals surface area contributed by atoms with Gasteiger partial charge in [0.1, 0.15) is 11.9 Å². The van der Waals surface area contributed by atoms with Gasteiger partial charge in [-0.15, -0.1) is 0 Å². The lowest BCUT2D eigenvalue weighted by Crippen LogP contribution is -2.48. The minimum absolute atomic E-state index is 0.199. The first-order chi connectivity index (χ1) is 20.5. The molecule has 2 N–H and O–H groups in total. The third kappa shape index (κ3) is 5.70. The van der Waals surface area contributed by atoms with Crippen molar-refractivity contribution in [3.63, 3.8) is 0 Å². The Balaban J connectivity index is 1.13. The number of fused-ring (bicyclic) bond motifs is 1. The highest BCUT2D eigenvalue weighted by Gasteiger charge is 2.31. The first-order valence-electron chi connectivity index (χ1n) is 14.7. The first-order valence-corrected chi connectivity index (χ1v) is 14.7. The van der Waals surface area contributed by atoms with Crippen molar-refractivity contribution < 1.29 is 9.59 Å². The highest BCUT2D eigenvalue weighted by atomic mass is 16.2. The van der Waals surface area contributed by atoms with Crippen LogP contribution < -0.4 is 16.2 Å². The Hall–Kier alpha value is -4.34. The number of piperazine rings is 1. The molecule has 9 heteroatoms. The Labute approximate surface area is 245 Å². The average Bonchev–Trinajstić information content (AvgIpc) is 3.00. The van der Waals surface area contributed by atoms with Gasteiger partial charge in [-0.2, -0.15) is 0 Å². The van der Waals surface area contributed by atoms with Gasteiger partial charge in [0.2, 0.25) is 11.8 Å². The van der Waals surface area contributed by atoms with Crippen LogP contribution in [0.4, 0.5) is 5.69 Å². The Morgan fingerprint density at radius 3 is 2.19 bits per heavy atom. The number of carbonyl (C=O) groups excluding carboxylic acids is 2. The molecule has 9 nitrogen and oxygen atoms in total. The molecule has 4 aromatic rings. The number of aryl methyl sites for hydroxylation is 1. The molecule has 2 amide bonds. The second-order valence-electron chi connectivity index (χ2n) is 11.0. The zero-order valence-electron chi connectivity index (χ0n) is 23.8. The van der Waals surface area contributed by atoms with E-state index in [-0.39, 0.29) is 30.3 Å². The first kappa shape index (κ1) is 27.8. The lowest BCUT2D eigenvalue weighted by atomic mass is 9.96. The molecule has 1 unspecified atom stereocenters. The number of aromatic nitrogens is 2. The summed E-state index contributed by atoms with van der Waals surface area (Å²) in [5.74, 6) is -0.306. The maximum atomic E-state index is 13.7. The summed E-state index contributed by atoms with van der Waals surface area (Å²) >= 11 is 0. The molecule has 0 radical (unpaired) electrons. The highest BCUT2D eigenvalue weighted by molar-refractivity contribution is 5.99. The van der Waals surface area contributed by atoms with E-state index in [2.05, 4.69) is 86.1 Å². The Kier molecular flexibility index (Phi) is 8.12. The van der Waals surface area contributed by atoms with Crippen LogP contribution in [0, 0.1) is 6.92 Å². The van der Waals surface area contributed by atoms with E-state index >= 15 is 0 Å². The smallest absolute Gasteiger partial charge is 0.264 e. The minimum Gasteiger partial charge on any atom is -0.383 e. The van der Waals surface area contributed by atoms with Crippen molar-refractivity contribution in [3.8, 4) is 0 Å². The summed E-state index contributed by atoms with van der Waals surface area (Å²) in [5, 5.41) is 6.28. The van der Waals surface area contributed by atoms with Gasteiger partial charge in [0.25, 0.3) is 5.56 Å². The van der Waals surface area contributed by atoms with Gasteiger partial charge in [-0.1, -0.05) is 66.7 Å². The largest absolute Gasteiger partial charge is 0.383 e. The molecule has 216 valence electrons. The number of nitrogens with zero attached hydrogens (tertiary/aromatic N) is 4. The predicted octanol–water partition coefficient (Wildman–Crippen LogP) is 3.50. The van der Waals surface area contributed by atoms with Crippen LogP contribution in [0.15, 0.2) is 83.7 Å². The molecule has 1 aromatic heterocycles. The standard InChI is InChI=1S/C33H36N6O3/c1-23-35-27-14-8-13-26(30(27)33(42)39(23)28-15-16-29(40)36-32(28)41)34-17-18-37-19-21-38(22-20-37)31(24-9-4-2-5-10-24)25-11-6-3-7-12-25/h2-14,28,31,34H,15-22H2,1H3,(H,36,40,41). The molecule has 0 saturated carbocycles. The van der Waals surface area contributed by atoms with E-state index in [1.807, 2.05) is 18.2 Å². The van der Waals surface area contributed by atoms with E-state index in [9.17, 15) is 14.4 Å². The normalized spacial score (nSPS) is 18.4. The van der Waals surface area contributed by atoms with Gasteiger partial charge in [-0.25, -0.2) is 4.98 Å². The van der Waals surface area contributed by atoms with E-state index in [4.69, 9.17) is 0 Å². The number of carbonyl (C=O) groups is 2. The van der Waals surface area contributed by atoms with E-state index in [1.165, 1.54) is 15.7 Å². The summed E-state index contributed by atoms with van der Waals surface area (Å²) in [6.07, 6.45) is 0.487. The minimum atomic E-state index is -0.743. The van der Waals surface area contributed by atoms with Crippen molar-refractivity contribution in [3.05, 3.63) is 106 Å². The number of hydrogen-bond acceptors (Lipinski definition) is 7. The van der Waals surface area contributed by atoms with Crippen LogP contribution >= 0.6 is 0 Å². The maximum absolute atomic E-state index is 13.7. The molecule has 2 aliphatic heterocycles. The van der Waals surface area contributed by atoms with Crippen LogP contribution in [0.1, 0.15) is 41.9 Å². The fourth-order valence-electron chi connectivity index (χ4n) is 6.28. The summed E-state index contributed by atoms with van der Waals surface area (Å²) in [6.45, 7) is 7.07. The van der Waals surface area contributed by atoms with Gasteiger partial charge in [0.05, 0.1) is 16.9 Å². The molecule has 2 saturated heterocycles. The second-order valence-corrected chi connectivity index (χ2v) is 11.0. The quantitative estimate of drug-likeness (QED) is 0.316. The molecule has 3 heterocycles. The number of imide groups is 1. The van der Waals surface area contributed by atoms with E-state index in [0.29, 0.717) is 29.0 Å². The van der Waals surface area contributed by atoms with Gasteiger partial charge in [-0.05, 0) is 36.6 Å². The number of piperidine rings is 1. The topological polar surface area (TPSA) is 99.6 Å². The second kappa shape index (κ2) is 12.3. The summed E-state index contributed by atoms with van der Waals surface area (Å²) in [4.78, 5) is 47.6. The van der Waals surface area contributed by atoms with Crippen molar-refractivity contribution in [2.24, 2.45) is 0 Å². The van der Waals surface area contributed by atoms with Gasteiger partial charge >= 0.3 is 0 Å². The fourth-order valence-corrected chi connectivity index (χ4v) is 6.28. The van der Waals surface area contributed by atoms with Crippen LogP contribution in [-0.4, -0.2) is 70.4 Å². The molecule has 42 heavy (non-hydrogen) atoms. The monoisotopic (exact) mass is 564 g/mol. The zero-order valence-corrected chi connectivity index (χ0v) is 23.8. The molecule has 3 aromatic carbocycles. The van der Waals surface area contributed by atoms with Crippen molar-refractivity contribution >= 4 is 28.4 Å². The summed E-state index contributed by atoms with van der Waals surface area (Å²) in [6, 6.07) is 26.5. The lowest BCUT2D eigenvalue weighted by molar-refractivity contribution is -0.135. The van der Waals surface area contributed by atoms with Crippen LogP contribution in [0.3, 0.4) is 0 Å². The van der Waals surface area contributed by atoms with E-state index in [1.54, 1.807) is 6.92 Å². The number of hydrogen-bond donors (Lipinski definition) is 2. The summed E-state index contributed by atoms with van der Waals surface area (Å²) < 4.78 is 1.43. The predicted molar refractivity (Wildman–Crippen MR) is 163 cm³/mol. The summed E-state index contributed by atoms with van der Waals surface area (Å²) in [7, 11) is 0. The number of rotatable bonds is 8. The third-order valence-corrected chi connectivity index (χ3v) is 8.37. The highest BCUT2D eigenvalue weighted by Crippen LogP contribution is 2.29. The number of anilines is 1. The van der Waals surface area contributed by atoms with Crippen molar-refractivity contribution in [2.45, 2.75) is 31.8 Å². The molecule has 2 fully saturated rings. The van der Waals surface area contributed by atoms with Crippen LogP contribution in [0.25, 0.3) is 10.9 Å². The lowest BCUT2D eigenvalue weighted by Gasteiger charge is -2.39. The Bertz CT molecular complexity index is 1590. The molecule has 2 aliphatic rings. The van der Waals surface area contributed by atoms with Gasteiger partial charge in [0.15, 0.2) is 0 Å². The van der Waals surface area contributed by atoms with Crippen molar-refractivity contribution in [1.82, 2.24) is 24.7 Å². The van der Waals surface area contributed by atoms with Crippen molar-refractivity contribution in [2.75, 3.05) is 44.6 Å². The Morgan fingerprint density at radius 1 is 0.881 bits per heavy atom. The van der Waals surface area contributed by atoms with Gasteiger partial charge in [-0.3, -0.25) is 34.1 Å². The van der Waals surface area contributed by atoms with Gasteiger partial charge < -0.3 is 5.32 Å². The molecular formula is C33H36N6O3. The molecule has 0 aliphatic carbocycles. The Morgan fingerprint density at radius 2 is 1.55 bits per heavy atom. The van der Waals surface area contributed by atoms with Crippen LogP contribution in [0.2, 0.25) is 0 Å². The van der Waals surface area contributed by atoms with Crippen molar-refractivity contribution in [1.29, 1.82) is 0 Å². The number of amides is 2. The van der Waals surface area contributed by atoms with E-state index < -0.39 is 11.9 Å². The number of benzene rings is 3. The van der Waals surface area contributed by atoms with Gasteiger partial charge in [0, 0.05) is 51.4 Å². The SMILES string of the molecule is Cc1nc2cccc(NCCN3CCN(C(c4ccccc4)c4ccccc4)CC3)c2c(=O)n1C1CCC(=O)NC1=O. The molecule has 0 bridgehead atoms. The molecule has 1 atom stereocenters. The maximum Gasteiger partial charge on any atom is 0.264 e. The number of nitrogens with one attached hydrogen (secondary N) is 2. The fraction of sp³-hybridized carbons (Fsp3) is 0.333. The summed E-state index contributed by atoms with van der Waals surface area (Å²) in [5.41, 5.74) is 3.64. The molecule has 0 spiro atoms.